The lowest BCUT2D eigenvalue weighted by Gasteiger charge is -2.12. The first kappa shape index (κ1) is 15.8. The van der Waals surface area contributed by atoms with Gasteiger partial charge < -0.3 is 4.74 Å². The molecule has 1 amide bonds. The predicted molar refractivity (Wildman–Crippen MR) is 76.2 cm³/mol. The predicted octanol–water partition coefficient (Wildman–Crippen LogP) is 2.55. The molecule has 0 aliphatic carbocycles. The second-order valence-corrected chi connectivity index (χ2v) is 6.51. The molecule has 6 nitrogen and oxygen atoms in total. The van der Waals surface area contributed by atoms with Crippen LogP contribution in [0.25, 0.3) is 0 Å². The second-order valence-electron chi connectivity index (χ2n) is 4.18. The number of anilines is 1. The van der Waals surface area contributed by atoms with Crippen molar-refractivity contribution in [2.75, 3.05) is 4.72 Å². The van der Waals surface area contributed by atoms with Gasteiger partial charge in [0.2, 0.25) is 0 Å². The van der Waals surface area contributed by atoms with Crippen LogP contribution in [0.1, 0.15) is 19.4 Å². The van der Waals surface area contributed by atoms with Crippen LogP contribution in [0.3, 0.4) is 0 Å². The number of amides is 1. The summed E-state index contributed by atoms with van der Waals surface area (Å²) in [7, 11) is -4.01. The molecule has 2 N–H and O–H groups in total. The Labute approximate surface area is 120 Å². The average molecular weight is 351 g/mol. The quantitative estimate of drug-likeness (QED) is 0.873. The van der Waals surface area contributed by atoms with Crippen LogP contribution >= 0.6 is 15.9 Å². The third-order valence-corrected chi connectivity index (χ3v) is 3.25. The Bertz CT molecular complexity index is 552. The van der Waals surface area contributed by atoms with Gasteiger partial charge in [0.15, 0.2) is 0 Å². The van der Waals surface area contributed by atoms with Crippen LogP contribution in [0.2, 0.25) is 0 Å². The maximum atomic E-state index is 11.7. The lowest BCUT2D eigenvalue weighted by molar-refractivity contribution is 0.121. The van der Waals surface area contributed by atoms with E-state index >= 15 is 0 Å². The second kappa shape index (κ2) is 6.25. The van der Waals surface area contributed by atoms with Crippen molar-refractivity contribution in [2.45, 2.75) is 26.9 Å². The first-order valence-electron chi connectivity index (χ1n) is 5.46. The van der Waals surface area contributed by atoms with Gasteiger partial charge in [-0.2, -0.15) is 8.42 Å². The fourth-order valence-electron chi connectivity index (χ4n) is 1.32. The van der Waals surface area contributed by atoms with Crippen molar-refractivity contribution in [3.05, 3.63) is 28.2 Å². The maximum absolute atomic E-state index is 11.7. The standard InChI is InChI=1S/C11H15BrN2O4S/c1-7(2)18-11(15)14-19(16,17)13-10-5-8(3)4-9(12)6-10/h4-7,13H,1-3H3,(H,14,15). The third-order valence-electron chi connectivity index (χ3n) is 1.85. The molecule has 0 aliphatic heterocycles. The Kier molecular flexibility index (Phi) is 5.19. The molecule has 19 heavy (non-hydrogen) atoms. The van der Waals surface area contributed by atoms with E-state index in [1.807, 2.05) is 13.0 Å². The van der Waals surface area contributed by atoms with Gasteiger partial charge in [0.25, 0.3) is 0 Å². The molecule has 106 valence electrons. The zero-order valence-electron chi connectivity index (χ0n) is 10.7. The van der Waals surface area contributed by atoms with Gasteiger partial charge in [0.05, 0.1) is 11.8 Å². The summed E-state index contributed by atoms with van der Waals surface area (Å²) < 4.78 is 32.8. The third kappa shape index (κ3) is 5.93. The maximum Gasteiger partial charge on any atom is 0.422 e. The van der Waals surface area contributed by atoms with Crippen LogP contribution < -0.4 is 9.44 Å². The molecule has 1 aromatic rings. The van der Waals surface area contributed by atoms with Gasteiger partial charge in [-0.05, 0) is 44.5 Å². The number of benzene rings is 1. The van der Waals surface area contributed by atoms with Crippen molar-refractivity contribution in [1.29, 1.82) is 0 Å². The molecule has 0 heterocycles. The van der Waals surface area contributed by atoms with Crippen molar-refractivity contribution in [1.82, 2.24) is 4.72 Å². The van der Waals surface area contributed by atoms with Crippen LogP contribution in [0.4, 0.5) is 10.5 Å². The Morgan fingerprint density at radius 3 is 2.47 bits per heavy atom. The molecule has 0 unspecified atom stereocenters. The van der Waals surface area contributed by atoms with Gasteiger partial charge >= 0.3 is 16.3 Å². The molecule has 0 fully saturated rings. The highest BCUT2D eigenvalue weighted by atomic mass is 79.9. The molecule has 0 bridgehead atoms. The van der Waals surface area contributed by atoms with Crippen molar-refractivity contribution < 1.29 is 17.9 Å². The first-order valence-corrected chi connectivity index (χ1v) is 7.74. The molecule has 1 rings (SSSR count). The normalized spacial score (nSPS) is 11.2. The number of hydrogen-bond donors (Lipinski definition) is 2. The van der Waals surface area contributed by atoms with Crippen LogP contribution in [0.15, 0.2) is 22.7 Å². The molecular weight excluding hydrogens is 336 g/mol. The summed E-state index contributed by atoms with van der Waals surface area (Å²) >= 11 is 3.26. The Morgan fingerprint density at radius 2 is 1.95 bits per heavy atom. The molecule has 0 aliphatic rings. The minimum absolute atomic E-state index is 0.344. The van der Waals surface area contributed by atoms with Gasteiger partial charge in [-0.1, -0.05) is 15.9 Å². The van der Waals surface area contributed by atoms with E-state index in [9.17, 15) is 13.2 Å². The number of nitrogens with one attached hydrogen (secondary N) is 2. The largest absolute Gasteiger partial charge is 0.446 e. The zero-order chi connectivity index (χ0) is 14.6. The van der Waals surface area contributed by atoms with Gasteiger partial charge in [-0.15, -0.1) is 0 Å². The summed E-state index contributed by atoms with van der Waals surface area (Å²) in [6.45, 7) is 5.07. The number of rotatable bonds is 4. The van der Waals surface area contributed by atoms with Gasteiger partial charge in [0, 0.05) is 4.47 Å². The number of carbonyl (C=O) groups excluding carboxylic acids is 1. The first-order chi connectivity index (χ1) is 8.68. The van der Waals surface area contributed by atoms with Crippen LogP contribution in [0.5, 0.6) is 0 Å². The minimum atomic E-state index is -4.01. The van der Waals surface area contributed by atoms with Crippen molar-refractivity contribution in [3.63, 3.8) is 0 Å². The summed E-state index contributed by atoms with van der Waals surface area (Å²) in [4.78, 5) is 11.2. The Balaban J connectivity index is 2.76. The zero-order valence-corrected chi connectivity index (χ0v) is 13.1. The molecular formula is C11H15BrN2O4S. The van der Waals surface area contributed by atoms with Gasteiger partial charge in [0.1, 0.15) is 0 Å². The summed E-state index contributed by atoms with van der Waals surface area (Å²) in [5, 5.41) is 0. The molecule has 0 radical (unpaired) electrons. The summed E-state index contributed by atoms with van der Waals surface area (Å²) in [5.74, 6) is 0. The number of hydrogen-bond acceptors (Lipinski definition) is 4. The number of halogens is 1. The highest BCUT2D eigenvalue weighted by Gasteiger charge is 2.16. The summed E-state index contributed by atoms with van der Waals surface area (Å²) in [6.07, 6.45) is -1.42. The average Bonchev–Trinajstić information content (AvgIpc) is 2.10. The molecule has 1 aromatic carbocycles. The van der Waals surface area contributed by atoms with E-state index in [0.717, 1.165) is 10.0 Å². The van der Waals surface area contributed by atoms with Crippen molar-refractivity contribution >= 4 is 37.9 Å². The van der Waals surface area contributed by atoms with Crippen LogP contribution in [-0.4, -0.2) is 20.6 Å². The van der Waals surface area contributed by atoms with E-state index in [4.69, 9.17) is 4.74 Å². The summed E-state index contributed by atoms with van der Waals surface area (Å²) in [5.41, 5.74) is 1.22. The van der Waals surface area contributed by atoms with Crippen LogP contribution in [-0.2, 0) is 14.9 Å². The number of carbonyl (C=O) groups is 1. The van der Waals surface area contributed by atoms with E-state index < -0.39 is 22.4 Å². The van der Waals surface area contributed by atoms with E-state index in [0.29, 0.717) is 5.69 Å². The molecule has 8 heteroatoms. The number of ether oxygens (including phenoxy) is 1. The molecule has 0 aromatic heterocycles. The lowest BCUT2D eigenvalue weighted by atomic mass is 10.2. The number of aryl methyl sites for hydroxylation is 1. The highest BCUT2D eigenvalue weighted by molar-refractivity contribution is 9.10. The van der Waals surface area contributed by atoms with E-state index in [1.165, 1.54) is 0 Å². The molecule has 0 atom stereocenters. The van der Waals surface area contributed by atoms with Crippen LogP contribution in [0, 0.1) is 6.92 Å². The Hall–Kier alpha value is -1.28. The van der Waals surface area contributed by atoms with E-state index in [2.05, 4.69) is 20.7 Å². The van der Waals surface area contributed by atoms with E-state index in [1.54, 1.807) is 30.7 Å². The molecule has 0 spiro atoms. The van der Waals surface area contributed by atoms with Gasteiger partial charge in [-0.25, -0.2) is 9.52 Å². The fraction of sp³-hybridized carbons (Fsp3) is 0.364. The monoisotopic (exact) mass is 350 g/mol. The van der Waals surface area contributed by atoms with E-state index in [-0.39, 0.29) is 0 Å². The van der Waals surface area contributed by atoms with Crippen molar-refractivity contribution in [3.8, 4) is 0 Å². The smallest absolute Gasteiger partial charge is 0.422 e. The lowest BCUT2D eigenvalue weighted by Crippen LogP contribution is -2.36. The topological polar surface area (TPSA) is 84.5 Å². The fourth-order valence-corrected chi connectivity index (χ4v) is 2.68. The van der Waals surface area contributed by atoms with Gasteiger partial charge in [-0.3, -0.25) is 4.72 Å². The van der Waals surface area contributed by atoms with Crippen molar-refractivity contribution in [2.24, 2.45) is 0 Å². The minimum Gasteiger partial charge on any atom is -0.446 e. The molecule has 0 saturated carbocycles. The highest BCUT2D eigenvalue weighted by Crippen LogP contribution is 2.19. The summed E-state index contributed by atoms with van der Waals surface area (Å²) in [6, 6.07) is 5.05. The SMILES string of the molecule is Cc1cc(Br)cc(NS(=O)(=O)NC(=O)OC(C)C)c1. The Morgan fingerprint density at radius 1 is 1.32 bits per heavy atom. The molecule has 0 saturated heterocycles.